The normalized spacial score (nSPS) is 12.6. The Labute approximate surface area is 104 Å². The van der Waals surface area contributed by atoms with Crippen LogP contribution in [0.4, 0.5) is 5.69 Å². The van der Waals surface area contributed by atoms with Crippen molar-refractivity contribution >= 4 is 5.69 Å². The second-order valence-electron chi connectivity index (χ2n) is 4.11. The van der Waals surface area contributed by atoms with E-state index in [1.807, 2.05) is 12.3 Å². The van der Waals surface area contributed by atoms with Gasteiger partial charge in [0.2, 0.25) is 0 Å². The number of nitrogen functional groups attached to an aromatic ring is 1. The Hall–Kier alpha value is -1.13. The molecule has 4 heteroatoms. The van der Waals surface area contributed by atoms with Crippen molar-refractivity contribution in [1.29, 1.82) is 0 Å². The van der Waals surface area contributed by atoms with Gasteiger partial charge in [-0.05, 0) is 31.0 Å². The molecule has 0 fully saturated rings. The molecule has 0 radical (unpaired) electrons. The van der Waals surface area contributed by atoms with Crippen molar-refractivity contribution in [3.63, 3.8) is 0 Å². The third kappa shape index (κ3) is 5.15. The van der Waals surface area contributed by atoms with Crippen molar-refractivity contribution in [3.05, 3.63) is 24.0 Å². The molecule has 0 saturated carbocycles. The Balaban J connectivity index is 2.50. The SMILES string of the molecule is CCCOCC(Cc1cnccc1N)NCC. The molecule has 1 unspecified atom stereocenters. The van der Waals surface area contributed by atoms with Gasteiger partial charge in [0.1, 0.15) is 0 Å². The highest BCUT2D eigenvalue weighted by Gasteiger charge is 2.10. The number of ether oxygens (including phenoxy) is 1. The molecular weight excluding hydrogens is 214 g/mol. The van der Waals surface area contributed by atoms with Crippen LogP contribution in [0.3, 0.4) is 0 Å². The van der Waals surface area contributed by atoms with Gasteiger partial charge in [-0.1, -0.05) is 13.8 Å². The number of aromatic nitrogens is 1. The quantitative estimate of drug-likeness (QED) is 0.674. The fourth-order valence-electron chi connectivity index (χ4n) is 1.72. The topological polar surface area (TPSA) is 60.2 Å². The Bertz CT molecular complexity index is 317. The van der Waals surface area contributed by atoms with Crippen LogP contribution in [-0.2, 0) is 11.2 Å². The molecule has 0 aromatic carbocycles. The molecule has 17 heavy (non-hydrogen) atoms. The number of pyridine rings is 1. The summed E-state index contributed by atoms with van der Waals surface area (Å²) >= 11 is 0. The largest absolute Gasteiger partial charge is 0.398 e. The molecule has 0 bridgehead atoms. The van der Waals surface area contributed by atoms with Gasteiger partial charge in [-0.2, -0.15) is 0 Å². The number of likely N-dealkylation sites (N-methyl/N-ethyl adjacent to an activating group) is 1. The lowest BCUT2D eigenvalue weighted by Crippen LogP contribution is -2.35. The summed E-state index contributed by atoms with van der Waals surface area (Å²) in [5, 5.41) is 3.41. The smallest absolute Gasteiger partial charge is 0.0622 e. The van der Waals surface area contributed by atoms with Crippen LogP contribution < -0.4 is 11.1 Å². The van der Waals surface area contributed by atoms with E-state index in [-0.39, 0.29) is 0 Å². The third-order valence-electron chi connectivity index (χ3n) is 2.57. The van der Waals surface area contributed by atoms with E-state index < -0.39 is 0 Å². The van der Waals surface area contributed by atoms with Gasteiger partial charge in [-0.25, -0.2) is 0 Å². The van der Waals surface area contributed by atoms with Crippen molar-refractivity contribution in [2.45, 2.75) is 32.7 Å². The maximum atomic E-state index is 5.91. The second kappa shape index (κ2) is 8.03. The second-order valence-corrected chi connectivity index (χ2v) is 4.11. The predicted molar refractivity (Wildman–Crippen MR) is 70.9 cm³/mol. The van der Waals surface area contributed by atoms with Crippen molar-refractivity contribution in [2.24, 2.45) is 0 Å². The Kier molecular flexibility index (Phi) is 6.58. The lowest BCUT2D eigenvalue weighted by Gasteiger charge is -2.18. The van der Waals surface area contributed by atoms with Gasteiger partial charge in [-0.15, -0.1) is 0 Å². The highest BCUT2D eigenvalue weighted by molar-refractivity contribution is 5.44. The van der Waals surface area contributed by atoms with Gasteiger partial charge in [-0.3, -0.25) is 4.98 Å². The summed E-state index contributed by atoms with van der Waals surface area (Å²) in [5.41, 5.74) is 7.80. The molecule has 1 heterocycles. The summed E-state index contributed by atoms with van der Waals surface area (Å²) < 4.78 is 5.59. The van der Waals surface area contributed by atoms with Crippen molar-refractivity contribution in [2.75, 3.05) is 25.5 Å². The number of nitrogens with one attached hydrogen (secondary N) is 1. The monoisotopic (exact) mass is 237 g/mol. The molecule has 0 saturated heterocycles. The molecule has 3 N–H and O–H groups in total. The molecular formula is C13H23N3O. The van der Waals surface area contributed by atoms with E-state index in [1.165, 1.54) is 0 Å². The molecule has 1 atom stereocenters. The van der Waals surface area contributed by atoms with E-state index in [0.29, 0.717) is 6.04 Å². The first-order chi connectivity index (χ1) is 8.27. The Morgan fingerprint density at radius 3 is 2.94 bits per heavy atom. The van der Waals surface area contributed by atoms with Crippen LogP contribution in [0.5, 0.6) is 0 Å². The number of hydrogen-bond acceptors (Lipinski definition) is 4. The van der Waals surface area contributed by atoms with Gasteiger partial charge < -0.3 is 15.8 Å². The summed E-state index contributed by atoms with van der Waals surface area (Å²) in [4.78, 5) is 4.11. The fraction of sp³-hybridized carbons (Fsp3) is 0.615. The molecule has 1 aromatic rings. The highest BCUT2D eigenvalue weighted by Crippen LogP contribution is 2.11. The van der Waals surface area contributed by atoms with Crippen LogP contribution in [0, 0.1) is 0 Å². The lowest BCUT2D eigenvalue weighted by atomic mass is 10.1. The molecule has 1 rings (SSSR count). The molecule has 4 nitrogen and oxygen atoms in total. The van der Waals surface area contributed by atoms with Crippen molar-refractivity contribution in [1.82, 2.24) is 10.3 Å². The minimum atomic E-state index is 0.304. The molecule has 96 valence electrons. The zero-order valence-electron chi connectivity index (χ0n) is 10.8. The summed E-state index contributed by atoms with van der Waals surface area (Å²) in [6.45, 7) is 6.67. The lowest BCUT2D eigenvalue weighted by molar-refractivity contribution is 0.112. The Morgan fingerprint density at radius 2 is 2.29 bits per heavy atom. The summed E-state index contributed by atoms with van der Waals surface area (Å²) in [6, 6.07) is 2.14. The molecule has 0 aliphatic heterocycles. The van der Waals surface area contributed by atoms with E-state index >= 15 is 0 Å². The van der Waals surface area contributed by atoms with Crippen molar-refractivity contribution < 1.29 is 4.74 Å². The van der Waals surface area contributed by atoms with Crippen LogP contribution in [-0.4, -0.2) is 30.8 Å². The first-order valence-corrected chi connectivity index (χ1v) is 6.27. The maximum Gasteiger partial charge on any atom is 0.0622 e. The number of nitrogens with zero attached hydrogens (tertiary/aromatic N) is 1. The van der Waals surface area contributed by atoms with Gasteiger partial charge in [0, 0.05) is 30.7 Å². The average molecular weight is 237 g/mol. The van der Waals surface area contributed by atoms with Crippen LogP contribution in [0.25, 0.3) is 0 Å². The van der Waals surface area contributed by atoms with Crippen molar-refractivity contribution in [3.8, 4) is 0 Å². The van der Waals surface area contributed by atoms with Gasteiger partial charge in [0.25, 0.3) is 0 Å². The highest BCUT2D eigenvalue weighted by atomic mass is 16.5. The van der Waals surface area contributed by atoms with Gasteiger partial charge in [0.05, 0.1) is 6.61 Å². The number of hydrogen-bond donors (Lipinski definition) is 2. The standard InChI is InChI=1S/C13H23N3O/c1-3-7-17-10-12(16-4-2)8-11-9-15-6-5-13(11)14/h5-6,9,12,16H,3-4,7-8,10H2,1-2H3,(H2,14,15). The van der Waals surface area contributed by atoms with E-state index in [2.05, 4.69) is 24.1 Å². The van der Waals surface area contributed by atoms with Crippen LogP contribution in [0.1, 0.15) is 25.8 Å². The van der Waals surface area contributed by atoms with E-state index in [1.54, 1.807) is 6.20 Å². The Morgan fingerprint density at radius 1 is 1.47 bits per heavy atom. The minimum absolute atomic E-state index is 0.304. The predicted octanol–water partition coefficient (Wildman–Crippen LogP) is 1.61. The number of rotatable bonds is 8. The van der Waals surface area contributed by atoms with Crippen LogP contribution in [0.15, 0.2) is 18.5 Å². The number of anilines is 1. The summed E-state index contributed by atoms with van der Waals surface area (Å²) in [7, 11) is 0. The van der Waals surface area contributed by atoms with Gasteiger partial charge >= 0.3 is 0 Å². The third-order valence-corrected chi connectivity index (χ3v) is 2.57. The summed E-state index contributed by atoms with van der Waals surface area (Å²) in [6.07, 6.45) is 5.46. The summed E-state index contributed by atoms with van der Waals surface area (Å²) in [5.74, 6) is 0. The van der Waals surface area contributed by atoms with E-state index in [4.69, 9.17) is 10.5 Å². The van der Waals surface area contributed by atoms with Crippen LogP contribution >= 0.6 is 0 Å². The molecule has 0 amide bonds. The van der Waals surface area contributed by atoms with E-state index in [9.17, 15) is 0 Å². The first kappa shape index (κ1) is 13.9. The van der Waals surface area contributed by atoms with E-state index in [0.717, 1.165) is 43.9 Å². The molecule has 1 aromatic heterocycles. The first-order valence-electron chi connectivity index (χ1n) is 6.27. The minimum Gasteiger partial charge on any atom is -0.398 e. The zero-order chi connectivity index (χ0) is 12.5. The average Bonchev–Trinajstić information content (AvgIpc) is 2.32. The van der Waals surface area contributed by atoms with Crippen LogP contribution in [0.2, 0.25) is 0 Å². The molecule has 0 aliphatic rings. The maximum absolute atomic E-state index is 5.91. The zero-order valence-corrected chi connectivity index (χ0v) is 10.8. The number of nitrogens with two attached hydrogens (primary N) is 1. The molecule has 0 aliphatic carbocycles. The molecule has 0 spiro atoms. The fourth-order valence-corrected chi connectivity index (χ4v) is 1.72. The van der Waals surface area contributed by atoms with Gasteiger partial charge in [0.15, 0.2) is 0 Å².